The van der Waals surface area contributed by atoms with Gasteiger partial charge in [0.2, 0.25) is 0 Å². The monoisotopic (exact) mass is 278 g/mol. The zero-order chi connectivity index (χ0) is 14.0. The molecule has 0 unspecified atom stereocenters. The summed E-state index contributed by atoms with van der Waals surface area (Å²) in [4.78, 5) is 13.4. The molecule has 0 saturated carbocycles. The van der Waals surface area contributed by atoms with Gasteiger partial charge in [-0.15, -0.1) is 11.3 Å². The Bertz CT molecular complexity index is 600. The average molecular weight is 278 g/mol. The van der Waals surface area contributed by atoms with Crippen LogP contribution in [0.25, 0.3) is 0 Å². The summed E-state index contributed by atoms with van der Waals surface area (Å²) in [6.45, 7) is 6.93. The van der Waals surface area contributed by atoms with Crippen LogP contribution in [0.3, 0.4) is 0 Å². The fourth-order valence-electron chi connectivity index (χ4n) is 1.89. The summed E-state index contributed by atoms with van der Waals surface area (Å²) in [7, 11) is 0. The van der Waals surface area contributed by atoms with E-state index >= 15 is 0 Å². The van der Waals surface area contributed by atoms with Crippen LogP contribution in [-0.4, -0.2) is 15.7 Å². The lowest BCUT2D eigenvalue weighted by Gasteiger charge is -2.07. The van der Waals surface area contributed by atoms with Crippen LogP contribution in [0.2, 0.25) is 0 Å². The van der Waals surface area contributed by atoms with Crippen molar-refractivity contribution in [2.75, 3.05) is 5.73 Å². The van der Waals surface area contributed by atoms with Crippen molar-refractivity contribution in [1.82, 2.24) is 15.1 Å². The van der Waals surface area contributed by atoms with E-state index in [1.54, 1.807) is 16.0 Å². The number of nitrogens with one attached hydrogen (secondary N) is 1. The Hall–Kier alpha value is -1.82. The molecule has 2 aromatic heterocycles. The van der Waals surface area contributed by atoms with Crippen molar-refractivity contribution in [2.24, 2.45) is 0 Å². The van der Waals surface area contributed by atoms with Crippen LogP contribution in [-0.2, 0) is 13.1 Å². The summed E-state index contributed by atoms with van der Waals surface area (Å²) in [5.41, 5.74) is 8.72. The maximum Gasteiger partial charge on any atom is 0.272 e. The Morgan fingerprint density at radius 2 is 2.26 bits per heavy atom. The molecule has 19 heavy (non-hydrogen) atoms. The van der Waals surface area contributed by atoms with E-state index in [-0.39, 0.29) is 5.91 Å². The summed E-state index contributed by atoms with van der Waals surface area (Å²) >= 11 is 1.64. The highest BCUT2D eigenvalue weighted by atomic mass is 32.1. The first-order valence-corrected chi connectivity index (χ1v) is 7.06. The van der Waals surface area contributed by atoms with Crippen LogP contribution < -0.4 is 11.1 Å². The van der Waals surface area contributed by atoms with Gasteiger partial charge >= 0.3 is 0 Å². The second-order valence-corrected chi connectivity index (χ2v) is 5.37. The third-order valence-electron chi connectivity index (χ3n) is 3.07. The normalized spacial score (nSPS) is 10.7. The Labute approximate surface area is 116 Å². The number of thiophene rings is 1. The Morgan fingerprint density at radius 1 is 1.53 bits per heavy atom. The van der Waals surface area contributed by atoms with Crippen molar-refractivity contribution in [2.45, 2.75) is 33.9 Å². The highest BCUT2D eigenvalue weighted by molar-refractivity contribution is 7.10. The summed E-state index contributed by atoms with van der Waals surface area (Å²) < 4.78 is 1.64. The number of aryl methyl sites for hydroxylation is 3. The molecule has 0 fully saturated rings. The van der Waals surface area contributed by atoms with Crippen LogP contribution in [0.4, 0.5) is 5.69 Å². The van der Waals surface area contributed by atoms with Gasteiger partial charge in [-0.05, 0) is 37.8 Å². The molecule has 0 saturated heterocycles. The highest BCUT2D eigenvalue weighted by Gasteiger charge is 2.18. The Kier molecular flexibility index (Phi) is 3.90. The molecule has 5 nitrogen and oxygen atoms in total. The number of rotatable bonds is 4. The molecule has 102 valence electrons. The molecule has 0 aliphatic heterocycles. The maximum atomic E-state index is 12.2. The molecule has 2 aromatic rings. The van der Waals surface area contributed by atoms with Gasteiger partial charge < -0.3 is 11.1 Å². The van der Waals surface area contributed by atoms with Gasteiger partial charge in [0.25, 0.3) is 5.91 Å². The lowest BCUT2D eigenvalue weighted by Crippen LogP contribution is -2.26. The molecule has 0 aliphatic rings. The lowest BCUT2D eigenvalue weighted by atomic mass is 10.2. The topological polar surface area (TPSA) is 72.9 Å². The molecule has 0 aliphatic carbocycles. The Morgan fingerprint density at radius 3 is 2.84 bits per heavy atom. The average Bonchev–Trinajstić information content (AvgIpc) is 2.91. The summed E-state index contributed by atoms with van der Waals surface area (Å²) in [5, 5.41) is 9.17. The minimum atomic E-state index is -0.173. The molecular weight excluding hydrogens is 260 g/mol. The van der Waals surface area contributed by atoms with Crippen molar-refractivity contribution < 1.29 is 4.79 Å². The van der Waals surface area contributed by atoms with Gasteiger partial charge in [-0.2, -0.15) is 5.10 Å². The second-order valence-electron chi connectivity index (χ2n) is 4.37. The summed E-state index contributed by atoms with van der Waals surface area (Å²) in [6.07, 6.45) is 0. The predicted octanol–water partition coefficient (Wildman–Crippen LogP) is 2.09. The quantitative estimate of drug-likeness (QED) is 0.899. The number of hydrogen-bond donors (Lipinski definition) is 2. The molecule has 3 N–H and O–H groups in total. The predicted molar refractivity (Wildman–Crippen MR) is 77.3 cm³/mol. The Balaban J connectivity index is 2.14. The van der Waals surface area contributed by atoms with Gasteiger partial charge in [0.15, 0.2) is 0 Å². The molecule has 2 heterocycles. The number of aromatic nitrogens is 2. The molecule has 1 amide bonds. The van der Waals surface area contributed by atoms with E-state index in [4.69, 9.17) is 5.73 Å². The molecule has 0 radical (unpaired) electrons. The van der Waals surface area contributed by atoms with Crippen molar-refractivity contribution in [3.63, 3.8) is 0 Å². The van der Waals surface area contributed by atoms with Crippen LogP contribution in [0.5, 0.6) is 0 Å². The van der Waals surface area contributed by atoms with Gasteiger partial charge in [-0.25, -0.2) is 0 Å². The number of carbonyl (C=O) groups excluding carboxylic acids is 1. The number of hydrogen-bond acceptors (Lipinski definition) is 4. The van der Waals surface area contributed by atoms with Crippen molar-refractivity contribution in [3.05, 3.63) is 33.3 Å². The van der Waals surface area contributed by atoms with E-state index in [1.807, 2.05) is 32.2 Å². The van der Waals surface area contributed by atoms with E-state index in [1.165, 1.54) is 5.56 Å². The number of anilines is 1. The van der Waals surface area contributed by atoms with E-state index in [0.717, 1.165) is 4.88 Å². The van der Waals surface area contributed by atoms with Crippen LogP contribution in [0, 0.1) is 13.8 Å². The molecule has 6 heteroatoms. The molecule has 0 atom stereocenters. The van der Waals surface area contributed by atoms with Gasteiger partial charge in [0.1, 0.15) is 5.69 Å². The van der Waals surface area contributed by atoms with Crippen molar-refractivity contribution in [3.8, 4) is 0 Å². The first-order chi connectivity index (χ1) is 9.04. The lowest BCUT2D eigenvalue weighted by molar-refractivity contribution is 0.0941. The third kappa shape index (κ3) is 2.63. The number of nitrogens with two attached hydrogens (primary N) is 1. The number of amides is 1. The SMILES string of the molecule is CCn1nc(C)c(N)c1C(=O)NCc1sccc1C. The number of carbonyl (C=O) groups is 1. The third-order valence-corrected chi connectivity index (χ3v) is 4.09. The zero-order valence-electron chi connectivity index (χ0n) is 11.4. The minimum Gasteiger partial charge on any atom is -0.395 e. The molecule has 2 rings (SSSR count). The molecule has 0 bridgehead atoms. The van der Waals surface area contributed by atoms with Gasteiger partial charge in [0, 0.05) is 11.4 Å². The first kappa shape index (κ1) is 13.6. The smallest absolute Gasteiger partial charge is 0.272 e. The molecule has 0 spiro atoms. The fourth-order valence-corrected chi connectivity index (χ4v) is 2.74. The number of nitrogen functional groups attached to an aromatic ring is 1. The standard InChI is InChI=1S/C13H18N4OS/c1-4-17-12(11(14)9(3)16-17)13(18)15-7-10-8(2)5-6-19-10/h5-6H,4,7,14H2,1-3H3,(H,15,18). The minimum absolute atomic E-state index is 0.173. The maximum absolute atomic E-state index is 12.2. The summed E-state index contributed by atoms with van der Waals surface area (Å²) in [6, 6.07) is 2.04. The van der Waals surface area contributed by atoms with E-state index in [9.17, 15) is 4.79 Å². The van der Waals surface area contributed by atoms with Crippen molar-refractivity contribution >= 4 is 22.9 Å². The van der Waals surface area contributed by atoms with Gasteiger partial charge in [0.05, 0.1) is 17.9 Å². The van der Waals surface area contributed by atoms with Gasteiger partial charge in [-0.1, -0.05) is 0 Å². The first-order valence-electron chi connectivity index (χ1n) is 6.18. The van der Waals surface area contributed by atoms with E-state index in [0.29, 0.717) is 30.2 Å². The van der Waals surface area contributed by atoms with Crippen LogP contribution >= 0.6 is 11.3 Å². The highest BCUT2D eigenvalue weighted by Crippen LogP contribution is 2.18. The number of nitrogens with zero attached hydrogens (tertiary/aromatic N) is 2. The van der Waals surface area contributed by atoms with E-state index < -0.39 is 0 Å². The molecule has 0 aromatic carbocycles. The largest absolute Gasteiger partial charge is 0.395 e. The van der Waals surface area contributed by atoms with Crippen molar-refractivity contribution in [1.29, 1.82) is 0 Å². The van der Waals surface area contributed by atoms with E-state index in [2.05, 4.69) is 10.4 Å². The second kappa shape index (κ2) is 5.44. The van der Waals surface area contributed by atoms with Gasteiger partial charge in [-0.3, -0.25) is 9.48 Å². The molecular formula is C13H18N4OS. The summed E-state index contributed by atoms with van der Waals surface area (Å²) in [5.74, 6) is -0.173. The fraction of sp³-hybridized carbons (Fsp3) is 0.385. The zero-order valence-corrected chi connectivity index (χ0v) is 12.2. The van der Waals surface area contributed by atoms with Crippen LogP contribution in [0.15, 0.2) is 11.4 Å². The van der Waals surface area contributed by atoms with Crippen LogP contribution in [0.1, 0.15) is 33.5 Å².